The molecule has 0 unspecified atom stereocenters. The van der Waals surface area contributed by atoms with E-state index < -0.39 is 0 Å². The first kappa shape index (κ1) is 21.7. The highest BCUT2D eigenvalue weighted by molar-refractivity contribution is 6.03. The summed E-state index contributed by atoms with van der Waals surface area (Å²) in [7, 11) is 1.46. The van der Waals surface area contributed by atoms with Crippen LogP contribution in [-0.4, -0.2) is 61.1 Å². The first-order valence-electron chi connectivity index (χ1n) is 10.5. The Morgan fingerprint density at radius 1 is 1.25 bits per heavy atom. The van der Waals surface area contributed by atoms with Gasteiger partial charge >= 0.3 is 0 Å². The maximum Gasteiger partial charge on any atom is 0.258 e. The molecule has 4 rings (SSSR count). The van der Waals surface area contributed by atoms with Gasteiger partial charge in [0.25, 0.3) is 5.91 Å². The number of hydrogen-bond acceptors (Lipinski definition) is 7. The summed E-state index contributed by atoms with van der Waals surface area (Å²) in [5.74, 6) is 0.624. The molecule has 0 spiro atoms. The van der Waals surface area contributed by atoms with E-state index in [1.165, 1.54) is 7.11 Å². The quantitative estimate of drug-likeness (QED) is 0.741. The van der Waals surface area contributed by atoms with E-state index in [4.69, 9.17) is 14.3 Å². The van der Waals surface area contributed by atoms with Crippen molar-refractivity contribution in [3.8, 4) is 28.7 Å². The van der Waals surface area contributed by atoms with Crippen molar-refractivity contribution in [2.24, 2.45) is 5.16 Å². The van der Waals surface area contributed by atoms with E-state index in [0.29, 0.717) is 54.4 Å². The van der Waals surface area contributed by atoms with Gasteiger partial charge in [0.2, 0.25) is 0 Å². The minimum atomic E-state index is -0.382. The van der Waals surface area contributed by atoms with Gasteiger partial charge in [-0.05, 0) is 36.2 Å². The van der Waals surface area contributed by atoms with Crippen LogP contribution < -0.4 is 9.47 Å². The van der Waals surface area contributed by atoms with Gasteiger partial charge in [-0.15, -0.1) is 0 Å². The number of aliphatic hydroxyl groups excluding tert-OH is 1. The van der Waals surface area contributed by atoms with E-state index in [2.05, 4.69) is 11.2 Å². The van der Waals surface area contributed by atoms with Crippen molar-refractivity contribution in [3.63, 3.8) is 0 Å². The molecule has 1 amide bonds. The lowest BCUT2D eigenvalue weighted by atomic mass is 9.94. The molecule has 0 aromatic heterocycles. The van der Waals surface area contributed by atoms with Gasteiger partial charge in [-0.2, -0.15) is 5.26 Å². The second kappa shape index (κ2) is 9.28. The Labute approximate surface area is 186 Å². The number of benzene rings is 2. The Morgan fingerprint density at radius 3 is 2.75 bits per heavy atom. The molecule has 0 radical (unpaired) electrons. The number of carbonyl (C=O) groups excluding carboxylic acids is 1. The highest BCUT2D eigenvalue weighted by Crippen LogP contribution is 2.44. The summed E-state index contributed by atoms with van der Waals surface area (Å²) in [5, 5.41) is 23.2. The number of carbonyl (C=O) groups is 1. The average Bonchev–Trinajstić information content (AvgIpc) is 3.05. The maximum atomic E-state index is 13.5. The maximum absolute atomic E-state index is 13.5. The molecule has 1 atom stereocenters. The Balaban J connectivity index is 1.80. The predicted octanol–water partition coefficient (Wildman–Crippen LogP) is 2.90. The van der Waals surface area contributed by atoms with Crippen LogP contribution in [0.2, 0.25) is 0 Å². The highest BCUT2D eigenvalue weighted by Gasteiger charge is 2.36. The third-order valence-corrected chi connectivity index (χ3v) is 5.83. The fraction of sp³-hybridized carbons (Fsp3) is 0.375. The third kappa shape index (κ3) is 3.87. The number of nitrogens with zero attached hydrogens (tertiary/aromatic N) is 3. The zero-order valence-corrected chi connectivity index (χ0v) is 18.1. The second-order valence-corrected chi connectivity index (χ2v) is 7.77. The van der Waals surface area contributed by atoms with Gasteiger partial charge in [0, 0.05) is 18.4 Å². The van der Waals surface area contributed by atoms with E-state index in [0.717, 1.165) is 16.7 Å². The van der Waals surface area contributed by atoms with Crippen molar-refractivity contribution in [2.75, 3.05) is 33.5 Å². The number of aliphatic hydroxyl groups is 1. The van der Waals surface area contributed by atoms with Gasteiger partial charge in [0.1, 0.15) is 7.11 Å². The highest BCUT2D eigenvalue weighted by atomic mass is 16.6. The lowest BCUT2D eigenvalue weighted by molar-refractivity contribution is 0.0676. The molecule has 0 bridgehead atoms. The average molecular weight is 435 g/mol. The first-order chi connectivity index (χ1) is 15.6. The van der Waals surface area contributed by atoms with Crippen LogP contribution in [0.25, 0.3) is 11.1 Å². The predicted molar refractivity (Wildman–Crippen MR) is 118 cm³/mol. The van der Waals surface area contributed by atoms with Crippen LogP contribution in [0.3, 0.4) is 0 Å². The lowest BCUT2D eigenvalue weighted by Crippen LogP contribution is -2.38. The van der Waals surface area contributed by atoms with E-state index in [9.17, 15) is 15.2 Å². The zero-order chi connectivity index (χ0) is 22.7. The molecular formula is C24H25N3O5. The van der Waals surface area contributed by atoms with E-state index >= 15 is 0 Å². The van der Waals surface area contributed by atoms with Crippen molar-refractivity contribution >= 4 is 11.6 Å². The lowest BCUT2D eigenvalue weighted by Gasteiger charge is -2.24. The number of amides is 1. The standard InChI is InChI=1S/C24H25N3O5/c1-15-16(12-25)5-3-6-19(15)20-7-8-21(23-22(20)31-9-4-10-32-23)24(29)27-13-17(26-30-2)11-18(27)14-28/h3,5-8,18,28H,4,9-11,13-14H2,1-2H3/b26-17-/t18-/m0/s1. The molecule has 0 saturated carbocycles. The van der Waals surface area contributed by atoms with Crippen molar-refractivity contribution in [1.82, 2.24) is 4.90 Å². The Hall–Kier alpha value is -3.57. The van der Waals surface area contributed by atoms with Crippen LogP contribution in [0.5, 0.6) is 11.5 Å². The summed E-state index contributed by atoms with van der Waals surface area (Å²) in [6.45, 7) is 2.88. The van der Waals surface area contributed by atoms with Crippen LogP contribution in [0.15, 0.2) is 35.5 Å². The van der Waals surface area contributed by atoms with E-state index in [1.54, 1.807) is 17.0 Å². The van der Waals surface area contributed by atoms with E-state index in [1.807, 2.05) is 25.1 Å². The summed E-state index contributed by atoms with van der Waals surface area (Å²) in [4.78, 5) is 19.9. The number of oxime groups is 1. The van der Waals surface area contributed by atoms with Gasteiger partial charge < -0.3 is 24.3 Å². The third-order valence-electron chi connectivity index (χ3n) is 5.83. The molecule has 166 valence electrons. The molecule has 2 aliphatic rings. The molecule has 0 aliphatic carbocycles. The fourth-order valence-electron chi connectivity index (χ4n) is 4.21. The SMILES string of the molecule is CO/N=C1/C[C@@H](CO)N(C(=O)c2ccc(-c3cccc(C#N)c3C)c3c2OCCCO3)C1. The van der Waals surface area contributed by atoms with Gasteiger partial charge in [-0.25, -0.2) is 0 Å². The van der Waals surface area contributed by atoms with Crippen LogP contribution in [0.1, 0.15) is 34.3 Å². The zero-order valence-electron chi connectivity index (χ0n) is 18.1. The van der Waals surface area contributed by atoms with Crippen molar-refractivity contribution in [1.29, 1.82) is 5.26 Å². The van der Waals surface area contributed by atoms with Crippen LogP contribution >= 0.6 is 0 Å². The molecule has 8 heteroatoms. The second-order valence-electron chi connectivity index (χ2n) is 7.77. The molecule has 2 aliphatic heterocycles. The smallest absolute Gasteiger partial charge is 0.258 e. The van der Waals surface area contributed by atoms with Crippen molar-refractivity contribution < 1.29 is 24.2 Å². The summed E-state index contributed by atoms with van der Waals surface area (Å²) in [6, 6.07) is 10.9. The molecule has 2 aromatic carbocycles. The Kier molecular flexibility index (Phi) is 6.28. The summed E-state index contributed by atoms with van der Waals surface area (Å²) in [6.07, 6.45) is 1.14. The van der Waals surface area contributed by atoms with Crippen LogP contribution in [0, 0.1) is 18.3 Å². The molecule has 1 fully saturated rings. The Morgan fingerprint density at radius 2 is 2.03 bits per heavy atom. The summed E-state index contributed by atoms with van der Waals surface area (Å²) in [5.41, 5.74) is 4.12. The molecule has 32 heavy (non-hydrogen) atoms. The van der Waals surface area contributed by atoms with Crippen LogP contribution in [0.4, 0.5) is 0 Å². The van der Waals surface area contributed by atoms with Crippen LogP contribution in [-0.2, 0) is 4.84 Å². The topological polar surface area (TPSA) is 104 Å². The fourth-order valence-corrected chi connectivity index (χ4v) is 4.21. The molecule has 2 heterocycles. The van der Waals surface area contributed by atoms with Crippen molar-refractivity contribution in [2.45, 2.75) is 25.8 Å². The number of fused-ring (bicyclic) bond motifs is 1. The van der Waals surface area contributed by atoms with Gasteiger partial charge in [-0.1, -0.05) is 17.3 Å². The Bertz CT molecular complexity index is 1110. The van der Waals surface area contributed by atoms with Gasteiger partial charge in [-0.3, -0.25) is 4.79 Å². The molecule has 1 N–H and O–H groups in total. The first-order valence-corrected chi connectivity index (χ1v) is 10.5. The number of rotatable bonds is 4. The van der Waals surface area contributed by atoms with Gasteiger partial charge in [0.05, 0.1) is 55.3 Å². The largest absolute Gasteiger partial charge is 0.489 e. The molecular weight excluding hydrogens is 410 g/mol. The monoisotopic (exact) mass is 435 g/mol. The number of hydrogen-bond donors (Lipinski definition) is 1. The minimum Gasteiger partial charge on any atom is -0.489 e. The molecule has 1 saturated heterocycles. The normalized spacial score (nSPS) is 18.9. The van der Waals surface area contributed by atoms with E-state index in [-0.39, 0.29) is 25.1 Å². The number of likely N-dealkylation sites (tertiary alicyclic amines) is 1. The minimum absolute atomic E-state index is 0.174. The molecule has 2 aromatic rings. The van der Waals surface area contributed by atoms with Crippen molar-refractivity contribution in [3.05, 3.63) is 47.0 Å². The number of nitriles is 1. The number of ether oxygens (including phenoxy) is 2. The summed E-state index contributed by atoms with van der Waals surface area (Å²) >= 11 is 0. The van der Waals surface area contributed by atoms with Gasteiger partial charge in [0.15, 0.2) is 11.5 Å². The summed E-state index contributed by atoms with van der Waals surface area (Å²) < 4.78 is 12.1. The molecule has 8 nitrogen and oxygen atoms in total.